The fourth-order valence-corrected chi connectivity index (χ4v) is 3.31. The molecular formula is C9H6Cl3N3S2. The van der Waals surface area contributed by atoms with Gasteiger partial charge in [-0.1, -0.05) is 23.2 Å². The minimum atomic E-state index is 0. The van der Waals surface area contributed by atoms with Crippen molar-refractivity contribution in [1.29, 1.82) is 0 Å². The predicted molar refractivity (Wildman–Crippen MR) is 78.8 cm³/mol. The zero-order valence-corrected chi connectivity index (χ0v) is 12.1. The highest BCUT2D eigenvalue weighted by molar-refractivity contribution is 7.15. The minimum absolute atomic E-state index is 0. The first kappa shape index (κ1) is 13.0. The molecule has 0 unspecified atom stereocenters. The maximum absolute atomic E-state index is 6.00. The van der Waals surface area contributed by atoms with Crippen LogP contribution >= 0.6 is 58.3 Å². The number of halogens is 3. The molecule has 0 bridgehead atoms. The molecule has 0 amide bonds. The Morgan fingerprint density at radius 2 is 2.06 bits per heavy atom. The Morgan fingerprint density at radius 3 is 2.71 bits per heavy atom. The van der Waals surface area contributed by atoms with E-state index in [-0.39, 0.29) is 12.4 Å². The molecule has 3 heterocycles. The monoisotopic (exact) mass is 325 g/mol. The van der Waals surface area contributed by atoms with Crippen molar-refractivity contribution in [3.63, 3.8) is 0 Å². The highest BCUT2D eigenvalue weighted by atomic mass is 35.5. The predicted octanol–water partition coefficient (Wildman–Crippen LogP) is 5.16. The van der Waals surface area contributed by atoms with E-state index in [0.717, 1.165) is 11.0 Å². The van der Waals surface area contributed by atoms with Crippen molar-refractivity contribution < 1.29 is 0 Å². The summed E-state index contributed by atoms with van der Waals surface area (Å²) in [7, 11) is 0. The number of hydrogen-bond acceptors (Lipinski definition) is 4. The Kier molecular flexibility index (Phi) is 3.85. The second-order valence-electron chi connectivity index (χ2n) is 3.11. The van der Waals surface area contributed by atoms with Gasteiger partial charge in [-0.15, -0.1) is 35.1 Å². The van der Waals surface area contributed by atoms with Crippen LogP contribution in [0.25, 0.3) is 11.0 Å². The Labute approximate surface area is 121 Å². The first-order chi connectivity index (χ1) is 7.74. The van der Waals surface area contributed by atoms with Crippen LogP contribution in [0, 0.1) is 0 Å². The van der Waals surface area contributed by atoms with E-state index in [2.05, 4.69) is 15.3 Å². The van der Waals surface area contributed by atoms with Gasteiger partial charge in [-0.25, -0.2) is 4.98 Å². The van der Waals surface area contributed by atoms with Crippen molar-refractivity contribution in [3.05, 3.63) is 25.5 Å². The topological polar surface area (TPSA) is 40.7 Å². The summed E-state index contributed by atoms with van der Waals surface area (Å²) in [5, 5.41) is 9.46. The molecule has 0 aliphatic rings. The van der Waals surface area contributed by atoms with Gasteiger partial charge in [0, 0.05) is 16.1 Å². The van der Waals surface area contributed by atoms with E-state index in [1.165, 1.54) is 11.3 Å². The molecule has 90 valence electrons. The summed E-state index contributed by atoms with van der Waals surface area (Å²) in [6.07, 6.45) is 0. The number of thiophene rings is 2. The van der Waals surface area contributed by atoms with Gasteiger partial charge < -0.3 is 10.3 Å². The van der Waals surface area contributed by atoms with Crippen LogP contribution in [-0.2, 0) is 0 Å². The van der Waals surface area contributed by atoms with E-state index < -0.39 is 0 Å². The normalized spacial score (nSPS) is 10.5. The SMILES string of the molecule is Cl.Clc1csc(Cl)c1Nc1nc2cscc2[nH]1. The molecule has 0 spiro atoms. The summed E-state index contributed by atoms with van der Waals surface area (Å²) in [5.41, 5.74) is 2.65. The maximum Gasteiger partial charge on any atom is 0.205 e. The van der Waals surface area contributed by atoms with Gasteiger partial charge in [0.25, 0.3) is 0 Å². The number of fused-ring (bicyclic) bond motifs is 1. The summed E-state index contributed by atoms with van der Waals surface area (Å²) in [6.45, 7) is 0. The number of nitrogens with zero attached hydrogens (tertiary/aromatic N) is 1. The van der Waals surface area contributed by atoms with Crippen LogP contribution in [0.3, 0.4) is 0 Å². The van der Waals surface area contributed by atoms with Crippen LogP contribution < -0.4 is 5.32 Å². The summed E-state index contributed by atoms with van der Waals surface area (Å²) in [5.74, 6) is 0.653. The van der Waals surface area contributed by atoms with Crippen LogP contribution in [0.4, 0.5) is 11.6 Å². The fraction of sp³-hybridized carbons (Fsp3) is 0. The lowest BCUT2D eigenvalue weighted by Gasteiger charge is -2.00. The number of aromatic nitrogens is 2. The van der Waals surface area contributed by atoms with Gasteiger partial charge in [-0.3, -0.25) is 0 Å². The van der Waals surface area contributed by atoms with Gasteiger partial charge in [-0.2, -0.15) is 0 Å². The van der Waals surface area contributed by atoms with E-state index >= 15 is 0 Å². The number of rotatable bonds is 2. The Hall–Kier alpha value is -0.460. The van der Waals surface area contributed by atoms with Crippen molar-refractivity contribution in [2.75, 3.05) is 5.32 Å². The second-order valence-corrected chi connectivity index (χ2v) is 5.75. The molecule has 0 aliphatic carbocycles. The fourth-order valence-electron chi connectivity index (χ4n) is 1.35. The Bertz CT molecular complexity index is 595. The van der Waals surface area contributed by atoms with Gasteiger partial charge in [0.05, 0.1) is 16.2 Å². The van der Waals surface area contributed by atoms with Crippen molar-refractivity contribution in [1.82, 2.24) is 9.97 Å². The van der Waals surface area contributed by atoms with Gasteiger partial charge >= 0.3 is 0 Å². The van der Waals surface area contributed by atoms with Gasteiger partial charge in [-0.05, 0) is 0 Å². The lowest BCUT2D eigenvalue weighted by atomic mass is 10.5. The van der Waals surface area contributed by atoms with Gasteiger partial charge in [0.1, 0.15) is 9.85 Å². The lowest BCUT2D eigenvalue weighted by Crippen LogP contribution is -1.91. The first-order valence-electron chi connectivity index (χ1n) is 4.35. The first-order valence-corrected chi connectivity index (χ1v) is 6.93. The second kappa shape index (κ2) is 5.04. The summed E-state index contributed by atoms with van der Waals surface area (Å²) in [6, 6.07) is 0. The molecule has 2 N–H and O–H groups in total. The molecule has 0 fully saturated rings. The highest BCUT2D eigenvalue weighted by Crippen LogP contribution is 2.38. The van der Waals surface area contributed by atoms with Crippen molar-refractivity contribution in [2.24, 2.45) is 0 Å². The molecule has 0 radical (unpaired) electrons. The van der Waals surface area contributed by atoms with E-state index in [0.29, 0.717) is 21.0 Å². The molecular weight excluding hydrogens is 321 g/mol. The number of hydrogen-bond donors (Lipinski definition) is 2. The summed E-state index contributed by atoms with van der Waals surface area (Å²) >= 11 is 15.0. The number of aromatic amines is 1. The molecule has 8 heteroatoms. The lowest BCUT2D eigenvalue weighted by molar-refractivity contribution is 1.32. The van der Waals surface area contributed by atoms with E-state index in [4.69, 9.17) is 23.2 Å². The third kappa shape index (κ3) is 2.39. The van der Waals surface area contributed by atoms with Gasteiger partial charge in [0.2, 0.25) is 5.95 Å². The molecule has 0 aromatic carbocycles. The van der Waals surface area contributed by atoms with E-state index in [9.17, 15) is 0 Å². The molecule has 3 aromatic heterocycles. The zero-order valence-electron chi connectivity index (χ0n) is 8.16. The number of imidazole rings is 1. The Morgan fingerprint density at radius 1 is 1.24 bits per heavy atom. The van der Waals surface area contributed by atoms with E-state index in [1.807, 2.05) is 10.8 Å². The smallest absolute Gasteiger partial charge is 0.205 e. The maximum atomic E-state index is 6.00. The largest absolute Gasteiger partial charge is 0.323 e. The van der Waals surface area contributed by atoms with Crippen molar-refractivity contribution >= 4 is 81.0 Å². The standard InChI is InChI=1S/C9H5Cl2N3S2.ClH/c10-4-1-16-8(11)7(4)14-9-12-5-2-15-3-6(5)13-9;/h1-3H,(H2,12,13,14);1H. The number of H-pyrrole nitrogens is 1. The number of nitrogens with one attached hydrogen (secondary N) is 2. The summed E-state index contributed by atoms with van der Waals surface area (Å²) < 4.78 is 0.629. The van der Waals surface area contributed by atoms with Crippen LogP contribution in [0.15, 0.2) is 16.1 Å². The van der Waals surface area contributed by atoms with Crippen LogP contribution in [0.2, 0.25) is 9.36 Å². The van der Waals surface area contributed by atoms with Crippen LogP contribution in [0.5, 0.6) is 0 Å². The number of anilines is 2. The van der Waals surface area contributed by atoms with Gasteiger partial charge in [0.15, 0.2) is 0 Å². The molecule has 0 saturated carbocycles. The zero-order chi connectivity index (χ0) is 11.1. The quantitative estimate of drug-likeness (QED) is 0.683. The Balaban J connectivity index is 0.00000108. The molecule has 17 heavy (non-hydrogen) atoms. The van der Waals surface area contributed by atoms with Crippen molar-refractivity contribution in [2.45, 2.75) is 0 Å². The van der Waals surface area contributed by atoms with Crippen molar-refractivity contribution in [3.8, 4) is 0 Å². The minimum Gasteiger partial charge on any atom is -0.323 e. The molecule has 0 saturated heterocycles. The molecule has 0 atom stereocenters. The third-order valence-electron chi connectivity index (χ3n) is 2.07. The molecule has 3 aromatic rings. The summed E-state index contributed by atoms with van der Waals surface area (Å²) in [4.78, 5) is 7.50. The van der Waals surface area contributed by atoms with Crippen LogP contribution in [-0.4, -0.2) is 9.97 Å². The van der Waals surface area contributed by atoms with Crippen LogP contribution in [0.1, 0.15) is 0 Å². The molecule has 3 rings (SSSR count). The molecule has 0 aliphatic heterocycles. The highest BCUT2D eigenvalue weighted by Gasteiger charge is 2.10. The average molecular weight is 327 g/mol. The molecule has 3 nitrogen and oxygen atoms in total. The average Bonchev–Trinajstić information content (AvgIpc) is 2.88. The van der Waals surface area contributed by atoms with E-state index in [1.54, 1.807) is 16.7 Å². The third-order valence-corrected chi connectivity index (χ3v) is 4.45.